The minimum Gasteiger partial charge on any atom is -0.507 e. The highest BCUT2D eigenvalue weighted by molar-refractivity contribution is 6.08. The second kappa shape index (κ2) is 12.0. The van der Waals surface area contributed by atoms with Crippen molar-refractivity contribution >= 4 is 11.9 Å². The van der Waals surface area contributed by atoms with Crippen molar-refractivity contribution in [3.05, 3.63) is 65.7 Å². The zero-order valence-corrected chi connectivity index (χ0v) is 14.5. The van der Waals surface area contributed by atoms with Gasteiger partial charge in [-0.15, -0.1) is 0 Å². The minimum absolute atomic E-state index is 0.0814. The predicted octanol–water partition coefficient (Wildman–Crippen LogP) is 5.35. The van der Waals surface area contributed by atoms with E-state index in [1.807, 2.05) is 58.0 Å². The fourth-order valence-electron chi connectivity index (χ4n) is 1.67. The van der Waals surface area contributed by atoms with E-state index in [0.717, 1.165) is 5.56 Å². The van der Waals surface area contributed by atoms with Crippen LogP contribution in [0, 0.1) is 0 Å². The second-order valence-electron chi connectivity index (χ2n) is 3.99. The average molecular weight is 314 g/mol. The fraction of sp³-hybridized carbons (Fsp3) is 0.250. The molecule has 0 unspecified atom stereocenters. The standard InChI is InChI=1S/C16H14O3.2C2H6/c1-19-13-8-9-14(16(18)11-13)15(17)10-7-12-5-3-2-4-6-12;2*1-2/h2-11,18H,1H3;2*1-2H3/b10-7+;;. The molecule has 0 amide bonds. The van der Waals surface area contributed by atoms with Crippen LogP contribution in [0.15, 0.2) is 54.6 Å². The molecule has 23 heavy (non-hydrogen) atoms. The van der Waals surface area contributed by atoms with Crippen molar-refractivity contribution in [1.29, 1.82) is 0 Å². The first-order valence-electron chi connectivity index (χ1n) is 7.85. The summed E-state index contributed by atoms with van der Waals surface area (Å²) in [5.41, 5.74) is 1.19. The van der Waals surface area contributed by atoms with E-state index in [1.54, 1.807) is 18.2 Å². The number of methoxy groups -OCH3 is 1. The molecule has 124 valence electrons. The van der Waals surface area contributed by atoms with Crippen LogP contribution >= 0.6 is 0 Å². The molecule has 0 fully saturated rings. The largest absolute Gasteiger partial charge is 0.507 e. The number of carbonyl (C=O) groups is 1. The first-order chi connectivity index (χ1) is 11.2. The molecular weight excluding hydrogens is 288 g/mol. The van der Waals surface area contributed by atoms with Crippen molar-refractivity contribution in [2.24, 2.45) is 0 Å². The molecular formula is C20H26O3. The maximum Gasteiger partial charge on any atom is 0.189 e. The van der Waals surface area contributed by atoms with Gasteiger partial charge in [0.25, 0.3) is 0 Å². The summed E-state index contributed by atoms with van der Waals surface area (Å²) in [5.74, 6) is 0.187. The number of hydrogen-bond donors (Lipinski definition) is 1. The Morgan fingerprint density at radius 3 is 2.13 bits per heavy atom. The molecule has 0 saturated carbocycles. The van der Waals surface area contributed by atoms with E-state index >= 15 is 0 Å². The fourth-order valence-corrected chi connectivity index (χ4v) is 1.67. The van der Waals surface area contributed by atoms with Crippen LogP contribution in [-0.4, -0.2) is 18.0 Å². The van der Waals surface area contributed by atoms with Crippen molar-refractivity contribution in [3.8, 4) is 11.5 Å². The lowest BCUT2D eigenvalue weighted by Gasteiger charge is -2.03. The third kappa shape index (κ3) is 6.83. The molecule has 1 N–H and O–H groups in total. The summed E-state index contributed by atoms with van der Waals surface area (Å²) < 4.78 is 4.97. The molecule has 0 spiro atoms. The number of hydrogen-bond acceptors (Lipinski definition) is 3. The molecule has 0 aromatic heterocycles. The van der Waals surface area contributed by atoms with Crippen LogP contribution in [0.25, 0.3) is 6.08 Å². The lowest BCUT2D eigenvalue weighted by atomic mass is 10.1. The molecule has 0 atom stereocenters. The van der Waals surface area contributed by atoms with Crippen molar-refractivity contribution in [2.75, 3.05) is 7.11 Å². The van der Waals surface area contributed by atoms with Crippen molar-refractivity contribution in [2.45, 2.75) is 27.7 Å². The van der Waals surface area contributed by atoms with E-state index in [0.29, 0.717) is 5.75 Å². The van der Waals surface area contributed by atoms with Gasteiger partial charge in [-0.05, 0) is 23.8 Å². The normalized spacial score (nSPS) is 9.26. The molecule has 0 heterocycles. The summed E-state index contributed by atoms with van der Waals surface area (Å²) in [7, 11) is 1.51. The Bertz CT molecular complexity index is 602. The highest BCUT2D eigenvalue weighted by Gasteiger charge is 2.08. The number of phenols is 1. The quantitative estimate of drug-likeness (QED) is 0.611. The summed E-state index contributed by atoms with van der Waals surface area (Å²) in [6.45, 7) is 8.00. The third-order valence-corrected chi connectivity index (χ3v) is 2.70. The van der Waals surface area contributed by atoms with Crippen molar-refractivity contribution in [1.82, 2.24) is 0 Å². The van der Waals surface area contributed by atoms with Crippen molar-refractivity contribution < 1.29 is 14.6 Å². The van der Waals surface area contributed by atoms with E-state index in [1.165, 1.54) is 19.3 Å². The van der Waals surface area contributed by atoms with Gasteiger partial charge in [-0.2, -0.15) is 0 Å². The van der Waals surface area contributed by atoms with Gasteiger partial charge in [0, 0.05) is 6.07 Å². The second-order valence-corrected chi connectivity index (χ2v) is 3.99. The summed E-state index contributed by atoms with van der Waals surface area (Å²) in [4.78, 5) is 12.0. The zero-order chi connectivity index (χ0) is 17.7. The van der Waals surface area contributed by atoms with Crippen LogP contribution in [0.1, 0.15) is 43.6 Å². The van der Waals surface area contributed by atoms with Gasteiger partial charge in [0.2, 0.25) is 0 Å². The van der Waals surface area contributed by atoms with Crippen LogP contribution in [0.5, 0.6) is 11.5 Å². The molecule has 2 aromatic carbocycles. The molecule has 2 rings (SSSR count). The van der Waals surface area contributed by atoms with Crippen LogP contribution in [0.4, 0.5) is 0 Å². The average Bonchev–Trinajstić information content (AvgIpc) is 2.63. The lowest BCUT2D eigenvalue weighted by molar-refractivity contribution is 0.104. The number of ketones is 1. The first-order valence-corrected chi connectivity index (χ1v) is 7.85. The Kier molecular flexibility index (Phi) is 10.7. The minimum atomic E-state index is -0.246. The SMILES string of the molecule is CC.CC.COc1ccc(C(=O)/C=C/c2ccccc2)c(O)c1. The van der Waals surface area contributed by atoms with Gasteiger partial charge < -0.3 is 9.84 Å². The number of aromatic hydroxyl groups is 1. The van der Waals surface area contributed by atoms with Gasteiger partial charge >= 0.3 is 0 Å². The maximum absolute atomic E-state index is 12.0. The van der Waals surface area contributed by atoms with E-state index in [2.05, 4.69) is 0 Å². The maximum atomic E-state index is 12.0. The smallest absolute Gasteiger partial charge is 0.189 e. The summed E-state index contributed by atoms with van der Waals surface area (Å²) in [6, 6.07) is 14.1. The Labute approximate surface area is 139 Å². The monoisotopic (exact) mass is 314 g/mol. The van der Waals surface area contributed by atoms with Gasteiger partial charge in [0.15, 0.2) is 5.78 Å². The van der Waals surface area contributed by atoms with Crippen LogP contribution in [0.3, 0.4) is 0 Å². The predicted molar refractivity (Wildman–Crippen MR) is 97.2 cm³/mol. The Morgan fingerprint density at radius 1 is 1.00 bits per heavy atom. The highest BCUT2D eigenvalue weighted by Crippen LogP contribution is 2.24. The molecule has 0 bridgehead atoms. The Balaban J connectivity index is 0.00000112. The summed E-state index contributed by atoms with van der Waals surface area (Å²) in [5, 5.41) is 9.76. The Morgan fingerprint density at radius 2 is 1.61 bits per heavy atom. The molecule has 3 nitrogen and oxygen atoms in total. The molecule has 3 heteroatoms. The molecule has 0 aliphatic heterocycles. The van der Waals surface area contributed by atoms with Gasteiger partial charge in [-0.1, -0.05) is 64.1 Å². The first kappa shape index (κ1) is 20.5. The van der Waals surface area contributed by atoms with Crippen molar-refractivity contribution in [3.63, 3.8) is 0 Å². The number of allylic oxidation sites excluding steroid dienone is 1. The van der Waals surface area contributed by atoms with Gasteiger partial charge in [-0.3, -0.25) is 4.79 Å². The summed E-state index contributed by atoms with van der Waals surface area (Å²) >= 11 is 0. The zero-order valence-electron chi connectivity index (χ0n) is 14.5. The van der Waals surface area contributed by atoms with Crippen LogP contribution in [0.2, 0.25) is 0 Å². The molecule has 2 aromatic rings. The number of benzene rings is 2. The number of rotatable bonds is 4. The van der Waals surface area contributed by atoms with Gasteiger partial charge in [0.1, 0.15) is 11.5 Å². The van der Waals surface area contributed by atoms with E-state index in [4.69, 9.17) is 4.74 Å². The highest BCUT2D eigenvalue weighted by atomic mass is 16.5. The van der Waals surface area contributed by atoms with Gasteiger partial charge in [0.05, 0.1) is 12.7 Å². The topological polar surface area (TPSA) is 46.5 Å². The van der Waals surface area contributed by atoms with Crippen LogP contribution < -0.4 is 4.74 Å². The third-order valence-electron chi connectivity index (χ3n) is 2.70. The van der Waals surface area contributed by atoms with Gasteiger partial charge in [-0.25, -0.2) is 0 Å². The molecule has 0 aliphatic carbocycles. The van der Waals surface area contributed by atoms with E-state index in [9.17, 15) is 9.90 Å². The molecule has 0 aliphatic rings. The molecule has 0 saturated heterocycles. The number of carbonyl (C=O) groups excluding carboxylic acids is 1. The number of phenolic OH excluding ortho intramolecular Hbond substituents is 1. The summed E-state index contributed by atoms with van der Waals surface area (Å²) in [6.07, 6.45) is 3.16. The molecule has 0 radical (unpaired) electrons. The lowest BCUT2D eigenvalue weighted by Crippen LogP contribution is -1.95. The Hall–Kier alpha value is -2.55. The van der Waals surface area contributed by atoms with E-state index < -0.39 is 0 Å². The van der Waals surface area contributed by atoms with E-state index in [-0.39, 0.29) is 17.1 Å². The van der Waals surface area contributed by atoms with Crippen LogP contribution in [-0.2, 0) is 0 Å². The number of ether oxygens (including phenoxy) is 1.